The van der Waals surface area contributed by atoms with Gasteiger partial charge in [0.1, 0.15) is 5.82 Å². The molecule has 4 nitrogen and oxygen atoms in total. The molecule has 1 heterocycles. The summed E-state index contributed by atoms with van der Waals surface area (Å²) < 4.78 is 0. The molecule has 0 fully saturated rings. The zero-order valence-corrected chi connectivity index (χ0v) is 13.2. The summed E-state index contributed by atoms with van der Waals surface area (Å²) in [5, 5.41) is 6.75. The van der Waals surface area contributed by atoms with Crippen LogP contribution < -0.4 is 10.6 Å². The maximum absolute atomic E-state index is 12.3. The summed E-state index contributed by atoms with van der Waals surface area (Å²) in [6.07, 6.45) is 1.45. The lowest BCUT2D eigenvalue weighted by Gasteiger charge is -2.15. The highest BCUT2D eigenvalue weighted by atomic mass is 35.5. The molecule has 0 saturated carbocycles. The monoisotopic (exact) mass is 323 g/mol. The number of amides is 1. The van der Waals surface area contributed by atoms with Crippen molar-refractivity contribution in [1.29, 1.82) is 0 Å². The second kappa shape index (κ2) is 6.78. The highest BCUT2D eigenvalue weighted by Crippen LogP contribution is 2.20. The molecule has 0 bridgehead atoms. The molecule has 21 heavy (non-hydrogen) atoms. The van der Waals surface area contributed by atoms with Crippen molar-refractivity contribution in [3.63, 3.8) is 0 Å². The summed E-state index contributed by atoms with van der Waals surface area (Å²) in [5.41, 5.74) is 1.35. The number of benzene rings is 1. The van der Waals surface area contributed by atoms with Gasteiger partial charge in [0.05, 0.1) is 16.6 Å². The molecule has 0 aliphatic heterocycles. The zero-order valence-electron chi connectivity index (χ0n) is 11.7. The number of carbonyl (C=O) groups excluding carboxylic acids is 1. The number of rotatable bonds is 4. The molecule has 2 N–H and O–H groups in total. The Hall–Kier alpha value is -1.78. The third kappa shape index (κ3) is 3.86. The first-order chi connectivity index (χ1) is 10.0. The lowest BCUT2D eigenvalue weighted by atomic mass is 10.1. The van der Waals surface area contributed by atoms with E-state index in [0.29, 0.717) is 21.4 Å². The number of aromatic nitrogens is 1. The number of hydrogen-bond acceptors (Lipinski definition) is 3. The van der Waals surface area contributed by atoms with Crippen LogP contribution in [0.5, 0.6) is 0 Å². The maximum atomic E-state index is 12.3. The third-order valence-electron chi connectivity index (χ3n) is 3.07. The van der Waals surface area contributed by atoms with Crippen LogP contribution in [0, 0.1) is 0 Å². The van der Waals surface area contributed by atoms with Crippen molar-refractivity contribution in [2.24, 2.45) is 0 Å². The third-order valence-corrected chi connectivity index (χ3v) is 3.63. The van der Waals surface area contributed by atoms with Crippen molar-refractivity contribution in [1.82, 2.24) is 10.3 Å². The Morgan fingerprint density at radius 1 is 1.24 bits per heavy atom. The Morgan fingerprint density at radius 3 is 2.52 bits per heavy atom. The van der Waals surface area contributed by atoms with Crippen molar-refractivity contribution >= 4 is 34.9 Å². The zero-order chi connectivity index (χ0) is 15.4. The number of halogens is 2. The maximum Gasteiger partial charge on any atom is 0.253 e. The lowest BCUT2D eigenvalue weighted by molar-refractivity contribution is 0.0940. The minimum absolute atomic E-state index is 0.156. The Balaban J connectivity index is 2.15. The first-order valence-electron chi connectivity index (χ1n) is 6.41. The molecular weight excluding hydrogens is 309 g/mol. The Labute approximate surface area is 133 Å². The fourth-order valence-electron chi connectivity index (χ4n) is 1.86. The number of pyridine rings is 1. The first-order valence-corrected chi connectivity index (χ1v) is 7.16. The van der Waals surface area contributed by atoms with E-state index >= 15 is 0 Å². The van der Waals surface area contributed by atoms with Gasteiger partial charge in [0.2, 0.25) is 0 Å². The minimum Gasteiger partial charge on any atom is -0.373 e. The molecule has 0 aliphatic carbocycles. The summed E-state index contributed by atoms with van der Waals surface area (Å²) in [6, 6.07) is 8.79. The number of carbonyl (C=O) groups is 1. The average molecular weight is 324 g/mol. The molecule has 1 atom stereocenters. The van der Waals surface area contributed by atoms with E-state index in [0.717, 1.165) is 5.56 Å². The summed E-state index contributed by atoms with van der Waals surface area (Å²) in [7, 11) is 1.73. The summed E-state index contributed by atoms with van der Waals surface area (Å²) in [4.78, 5) is 16.4. The van der Waals surface area contributed by atoms with Crippen molar-refractivity contribution in [3.8, 4) is 0 Å². The molecule has 110 valence electrons. The molecule has 0 saturated heterocycles. The van der Waals surface area contributed by atoms with Crippen LogP contribution >= 0.6 is 23.2 Å². The Morgan fingerprint density at radius 2 is 1.90 bits per heavy atom. The molecule has 1 unspecified atom stereocenters. The van der Waals surface area contributed by atoms with Gasteiger partial charge in [-0.3, -0.25) is 4.79 Å². The fraction of sp³-hybridized carbons (Fsp3) is 0.200. The van der Waals surface area contributed by atoms with E-state index in [1.807, 2.05) is 19.1 Å². The van der Waals surface area contributed by atoms with E-state index in [9.17, 15) is 4.79 Å². The van der Waals surface area contributed by atoms with Gasteiger partial charge < -0.3 is 10.6 Å². The summed E-state index contributed by atoms with van der Waals surface area (Å²) in [6.45, 7) is 1.90. The molecule has 0 spiro atoms. The summed E-state index contributed by atoms with van der Waals surface area (Å²) in [5.74, 6) is 0.338. The normalized spacial score (nSPS) is 11.8. The summed E-state index contributed by atoms with van der Waals surface area (Å²) >= 11 is 11.9. The minimum atomic E-state index is -0.249. The molecule has 1 amide bonds. The van der Waals surface area contributed by atoms with Crippen molar-refractivity contribution < 1.29 is 4.79 Å². The van der Waals surface area contributed by atoms with Crippen molar-refractivity contribution in [3.05, 3.63) is 57.7 Å². The molecule has 2 rings (SSSR count). The fourth-order valence-corrected chi connectivity index (χ4v) is 2.17. The molecule has 2 aromatic rings. The standard InChI is InChI=1S/C15H15Cl2N3O/c1-9(10-3-5-11(16)6-4-10)20-15(21)12-7-14(18-2)19-8-13(12)17/h3-9H,1-2H3,(H,18,19)(H,20,21). The predicted octanol–water partition coefficient (Wildman–Crippen LogP) is 3.92. The van der Waals surface area contributed by atoms with E-state index in [-0.39, 0.29) is 11.9 Å². The first kappa shape index (κ1) is 15.6. The second-order valence-electron chi connectivity index (χ2n) is 4.55. The van der Waals surface area contributed by atoms with Crippen LogP contribution in [0.15, 0.2) is 36.5 Å². The smallest absolute Gasteiger partial charge is 0.253 e. The van der Waals surface area contributed by atoms with Gasteiger partial charge in [-0.2, -0.15) is 0 Å². The van der Waals surface area contributed by atoms with E-state index in [4.69, 9.17) is 23.2 Å². The molecule has 0 aliphatic rings. The van der Waals surface area contributed by atoms with E-state index in [2.05, 4.69) is 15.6 Å². The largest absolute Gasteiger partial charge is 0.373 e. The van der Waals surface area contributed by atoms with E-state index in [1.54, 1.807) is 25.2 Å². The van der Waals surface area contributed by atoms with Crippen LogP contribution in [-0.4, -0.2) is 17.9 Å². The van der Waals surface area contributed by atoms with Crippen LogP contribution in [0.2, 0.25) is 10.0 Å². The molecule has 0 radical (unpaired) electrons. The van der Waals surface area contributed by atoms with Crippen molar-refractivity contribution in [2.75, 3.05) is 12.4 Å². The van der Waals surface area contributed by atoms with Crippen molar-refractivity contribution in [2.45, 2.75) is 13.0 Å². The number of nitrogens with one attached hydrogen (secondary N) is 2. The number of anilines is 1. The molecule has 1 aromatic carbocycles. The van der Waals surface area contributed by atoms with Gasteiger partial charge in [0.15, 0.2) is 0 Å². The highest BCUT2D eigenvalue weighted by molar-refractivity contribution is 6.33. The number of nitrogens with zero attached hydrogens (tertiary/aromatic N) is 1. The van der Waals surface area contributed by atoms with E-state index < -0.39 is 0 Å². The average Bonchev–Trinajstić information content (AvgIpc) is 2.48. The van der Waals surface area contributed by atoms with Crippen LogP contribution in [0.1, 0.15) is 28.9 Å². The van der Waals surface area contributed by atoms with Gasteiger partial charge in [0, 0.05) is 18.3 Å². The van der Waals surface area contributed by atoms with Gasteiger partial charge in [-0.05, 0) is 30.7 Å². The lowest BCUT2D eigenvalue weighted by Crippen LogP contribution is -2.27. The van der Waals surface area contributed by atoms with Crippen LogP contribution in [0.3, 0.4) is 0 Å². The molecular formula is C15H15Cl2N3O. The number of hydrogen-bond donors (Lipinski definition) is 2. The van der Waals surface area contributed by atoms with Gasteiger partial charge in [-0.25, -0.2) is 4.98 Å². The van der Waals surface area contributed by atoms with Gasteiger partial charge in [-0.15, -0.1) is 0 Å². The molecule has 6 heteroatoms. The molecule has 1 aromatic heterocycles. The Bertz CT molecular complexity index is 644. The SMILES string of the molecule is CNc1cc(C(=O)NC(C)c2ccc(Cl)cc2)c(Cl)cn1. The van der Waals surface area contributed by atoms with Crippen LogP contribution in [-0.2, 0) is 0 Å². The van der Waals surface area contributed by atoms with Crippen LogP contribution in [0.4, 0.5) is 5.82 Å². The predicted molar refractivity (Wildman–Crippen MR) is 86.1 cm³/mol. The topological polar surface area (TPSA) is 54.0 Å². The van der Waals surface area contributed by atoms with E-state index in [1.165, 1.54) is 6.20 Å². The van der Waals surface area contributed by atoms with Gasteiger partial charge in [0.25, 0.3) is 5.91 Å². The highest BCUT2D eigenvalue weighted by Gasteiger charge is 2.15. The Kier molecular flexibility index (Phi) is 5.04. The van der Waals surface area contributed by atoms with Gasteiger partial charge in [-0.1, -0.05) is 35.3 Å². The van der Waals surface area contributed by atoms with Gasteiger partial charge >= 0.3 is 0 Å². The second-order valence-corrected chi connectivity index (χ2v) is 5.39. The van der Waals surface area contributed by atoms with Crippen LogP contribution in [0.25, 0.3) is 0 Å². The quantitative estimate of drug-likeness (QED) is 0.896.